The third-order valence-corrected chi connectivity index (χ3v) is 4.87. The highest BCUT2D eigenvalue weighted by atomic mass is 16.5. The smallest absolute Gasteiger partial charge is 0.355 e. The fourth-order valence-electron chi connectivity index (χ4n) is 4.21. The summed E-state index contributed by atoms with van der Waals surface area (Å²) in [6.45, 7) is 12.4. The molecule has 24 heavy (non-hydrogen) atoms. The Balaban J connectivity index is 2.17. The van der Waals surface area contributed by atoms with Crippen molar-refractivity contribution < 1.29 is 14.3 Å². The molecule has 0 spiro atoms. The Hall–Kier alpha value is -1.78. The number of amides is 1. The van der Waals surface area contributed by atoms with Crippen molar-refractivity contribution in [3.63, 3.8) is 0 Å². The van der Waals surface area contributed by atoms with Crippen LogP contribution in [0.15, 0.2) is 0 Å². The lowest BCUT2D eigenvalue weighted by Crippen LogP contribution is -2.43. The van der Waals surface area contributed by atoms with Crippen LogP contribution in [0.5, 0.6) is 0 Å². The third-order valence-electron chi connectivity index (χ3n) is 4.87. The highest BCUT2D eigenvalue weighted by Crippen LogP contribution is 2.38. The fourth-order valence-corrected chi connectivity index (χ4v) is 4.21. The largest absolute Gasteiger partial charge is 0.461 e. The second-order valence-corrected chi connectivity index (χ2v) is 7.93. The number of aromatic nitrogens is 1. The lowest BCUT2D eigenvalue weighted by Gasteiger charge is -2.39. The fraction of sp³-hybridized carbons (Fsp3) is 0.684. The number of H-pyrrole nitrogens is 1. The first kappa shape index (κ1) is 18.6. The van der Waals surface area contributed by atoms with Gasteiger partial charge in [-0.2, -0.15) is 0 Å². The first-order valence-corrected chi connectivity index (χ1v) is 8.81. The van der Waals surface area contributed by atoms with Crippen LogP contribution in [0, 0.1) is 25.2 Å². The Morgan fingerprint density at radius 1 is 1.29 bits per heavy atom. The lowest BCUT2D eigenvalue weighted by molar-refractivity contribution is 0.0519. The van der Waals surface area contributed by atoms with Crippen LogP contribution in [-0.2, 0) is 4.74 Å². The standard InChI is InChI=1S/C19H30N2O3/c1-7-24-18(23)16-12(3)15(13(4)20-16)17(22)21-14-8-11(2)9-19(5,6)10-14/h11,14,20H,7-10H2,1-6H3,(H,21,22)/t11-,14-/m1/s1. The average Bonchev–Trinajstić information content (AvgIpc) is 2.71. The molecular formula is C19H30N2O3. The van der Waals surface area contributed by atoms with Gasteiger partial charge >= 0.3 is 5.97 Å². The van der Waals surface area contributed by atoms with Crippen molar-refractivity contribution in [1.29, 1.82) is 0 Å². The number of hydrogen-bond donors (Lipinski definition) is 2. The van der Waals surface area contributed by atoms with Gasteiger partial charge in [-0.25, -0.2) is 4.79 Å². The molecule has 1 amide bonds. The maximum Gasteiger partial charge on any atom is 0.355 e. The van der Waals surface area contributed by atoms with Gasteiger partial charge in [-0.3, -0.25) is 4.79 Å². The Kier molecular flexibility index (Phi) is 5.41. The van der Waals surface area contributed by atoms with Crippen molar-refractivity contribution in [1.82, 2.24) is 10.3 Å². The molecule has 2 rings (SSSR count). The van der Waals surface area contributed by atoms with Crippen LogP contribution >= 0.6 is 0 Å². The van der Waals surface area contributed by atoms with Gasteiger partial charge in [-0.1, -0.05) is 20.8 Å². The first-order chi connectivity index (χ1) is 11.1. The van der Waals surface area contributed by atoms with E-state index in [1.54, 1.807) is 13.8 Å². The van der Waals surface area contributed by atoms with Gasteiger partial charge < -0.3 is 15.0 Å². The monoisotopic (exact) mass is 334 g/mol. The number of nitrogens with one attached hydrogen (secondary N) is 2. The highest BCUT2D eigenvalue weighted by molar-refractivity contribution is 6.01. The number of esters is 1. The van der Waals surface area contributed by atoms with Crippen LogP contribution in [-0.4, -0.2) is 29.5 Å². The van der Waals surface area contributed by atoms with E-state index < -0.39 is 5.97 Å². The Morgan fingerprint density at radius 3 is 2.54 bits per heavy atom. The van der Waals surface area contributed by atoms with Crippen LogP contribution in [0.1, 0.15) is 79.1 Å². The molecule has 1 aromatic rings. The van der Waals surface area contributed by atoms with Crippen molar-refractivity contribution in [2.75, 3.05) is 6.61 Å². The number of carbonyl (C=O) groups is 2. The molecule has 1 saturated carbocycles. The van der Waals surface area contributed by atoms with Gasteiger partial charge in [-0.15, -0.1) is 0 Å². The van der Waals surface area contributed by atoms with Crippen molar-refractivity contribution >= 4 is 11.9 Å². The minimum atomic E-state index is -0.412. The zero-order valence-electron chi connectivity index (χ0n) is 15.7. The Bertz CT molecular complexity index is 631. The predicted octanol–water partition coefficient (Wildman–Crippen LogP) is 3.75. The Labute approximate surface area is 144 Å². The van der Waals surface area contributed by atoms with Crippen LogP contribution < -0.4 is 5.32 Å². The van der Waals surface area contributed by atoms with Crippen molar-refractivity contribution in [2.24, 2.45) is 11.3 Å². The van der Waals surface area contributed by atoms with Gasteiger partial charge in [0.25, 0.3) is 5.91 Å². The van der Waals surface area contributed by atoms with Gasteiger partial charge in [0.1, 0.15) is 5.69 Å². The molecule has 0 bridgehead atoms. The van der Waals surface area contributed by atoms with E-state index in [0.29, 0.717) is 35.0 Å². The summed E-state index contributed by atoms with van der Waals surface area (Å²) in [5.74, 6) is 0.0823. The summed E-state index contributed by atoms with van der Waals surface area (Å²) >= 11 is 0. The molecule has 0 aliphatic heterocycles. The topological polar surface area (TPSA) is 71.2 Å². The molecule has 0 saturated heterocycles. The van der Waals surface area contributed by atoms with Crippen molar-refractivity contribution in [3.8, 4) is 0 Å². The van der Waals surface area contributed by atoms with E-state index in [2.05, 4.69) is 31.1 Å². The van der Waals surface area contributed by atoms with Crippen LogP contribution in [0.4, 0.5) is 0 Å². The highest BCUT2D eigenvalue weighted by Gasteiger charge is 2.33. The SMILES string of the molecule is CCOC(=O)c1[nH]c(C)c(C(=O)N[C@@H]2C[C@@H](C)CC(C)(C)C2)c1C. The van der Waals surface area contributed by atoms with Crippen molar-refractivity contribution in [2.45, 2.75) is 66.8 Å². The van der Waals surface area contributed by atoms with Gasteiger partial charge in [0, 0.05) is 11.7 Å². The minimum Gasteiger partial charge on any atom is -0.461 e. The molecule has 134 valence electrons. The zero-order valence-corrected chi connectivity index (χ0v) is 15.7. The quantitative estimate of drug-likeness (QED) is 0.824. The van der Waals surface area contributed by atoms with E-state index in [0.717, 1.165) is 12.8 Å². The molecule has 1 aliphatic carbocycles. The number of rotatable bonds is 4. The number of hydrogen-bond acceptors (Lipinski definition) is 3. The number of aryl methyl sites for hydroxylation is 1. The molecule has 1 aliphatic rings. The van der Waals surface area contributed by atoms with Gasteiger partial charge in [0.05, 0.1) is 12.2 Å². The Morgan fingerprint density at radius 2 is 1.96 bits per heavy atom. The maximum absolute atomic E-state index is 12.8. The van der Waals surface area contributed by atoms with Crippen LogP contribution in [0.25, 0.3) is 0 Å². The summed E-state index contributed by atoms with van der Waals surface area (Å²) in [4.78, 5) is 27.8. The van der Waals surface area contributed by atoms with Gasteiger partial charge in [0.15, 0.2) is 0 Å². The van der Waals surface area contributed by atoms with Gasteiger partial charge in [0.2, 0.25) is 0 Å². The molecule has 0 radical (unpaired) electrons. The third kappa shape index (κ3) is 4.00. The molecule has 2 N–H and O–H groups in total. The molecule has 2 atom stereocenters. The number of ether oxygens (including phenoxy) is 1. The molecule has 5 nitrogen and oxygen atoms in total. The number of aromatic amines is 1. The summed E-state index contributed by atoms with van der Waals surface area (Å²) < 4.78 is 5.05. The number of carbonyl (C=O) groups excluding carboxylic acids is 2. The summed E-state index contributed by atoms with van der Waals surface area (Å²) in [5.41, 5.74) is 2.54. The average molecular weight is 334 g/mol. The molecule has 1 aromatic heterocycles. The summed E-state index contributed by atoms with van der Waals surface area (Å²) in [6.07, 6.45) is 3.17. The first-order valence-electron chi connectivity index (χ1n) is 8.81. The van der Waals surface area contributed by atoms with Gasteiger partial charge in [-0.05, 0) is 56.9 Å². The molecule has 0 unspecified atom stereocenters. The molecular weight excluding hydrogens is 304 g/mol. The second kappa shape index (κ2) is 6.99. The molecule has 1 fully saturated rings. The summed E-state index contributed by atoms with van der Waals surface area (Å²) in [6, 6.07) is 0.177. The predicted molar refractivity (Wildman–Crippen MR) is 94.3 cm³/mol. The second-order valence-electron chi connectivity index (χ2n) is 7.93. The van der Waals surface area contributed by atoms with E-state index in [4.69, 9.17) is 4.74 Å². The van der Waals surface area contributed by atoms with E-state index in [1.165, 1.54) is 6.42 Å². The summed E-state index contributed by atoms with van der Waals surface area (Å²) in [7, 11) is 0. The van der Waals surface area contributed by atoms with E-state index >= 15 is 0 Å². The maximum atomic E-state index is 12.8. The normalized spacial score (nSPS) is 22.9. The molecule has 1 heterocycles. The van der Waals surface area contributed by atoms with E-state index in [-0.39, 0.29) is 17.4 Å². The lowest BCUT2D eigenvalue weighted by atomic mass is 9.70. The minimum absolute atomic E-state index is 0.105. The van der Waals surface area contributed by atoms with E-state index in [9.17, 15) is 9.59 Å². The van der Waals surface area contributed by atoms with Crippen LogP contribution in [0.2, 0.25) is 0 Å². The molecule has 0 aromatic carbocycles. The summed E-state index contributed by atoms with van der Waals surface area (Å²) in [5, 5.41) is 3.18. The van der Waals surface area contributed by atoms with Crippen molar-refractivity contribution in [3.05, 3.63) is 22.5 Å². The van der Waals surface area contributed by atoms with Crippen LogP contribution in [0.3, 0.4) is 0 Å². The molecule has 5 heteroatoms. The van der Waals surface area contributed by atoms with E-state index in [1.807, 2.05) is 6.92 Å². The zero-order chi connectivity index (χ0) is 18.1.